The van der Waals surface area contributed by atoms with Gasteiger partial charge in [-0.2, -0.15) is 4.37 Å². The SMILES string of the molecule is Cc1nsc(N2CCCN(c3cc(C(C)(C)C)nc(C(C)(C)C)n3)CC2)n1. The van der Waals surface area contributed by atoms with Crippen LogP contribution in [0.1, 0.15) is 65.3 Å². The van der Waals surface area contributed by atoms with Crippen molar-refractivity contribution in [2.75, 3.05) is 36.0 Å². The topological polar surface area (TPSA) is 58.0 Å². The quantitative estimate of drug-likeness (QED) is 0.776. The van der Waals surface area contributed by atoms with Crippen LogP contribution in [0.2, 0.25) is 0 Å². The zero-order valence-corrected chi connectivity index (χ0v) is 18.5. The maximum absolute atomic E-state index is 4.96. The summed E-state index contributed by atoms with van der Waals surface area (Å²) in [5.74, 6) is 2.83. The van der Waals surface area contributed by atoms with Gasteiger partial charge in [-0.1, -0.05) is 41.5 Å². The molecule has 148 valence electrons. The molecule has 3 heterocycles. The second kappa shape index (κ2) is 7.34. The van der Waals surface area contributed by atoms with Crippen LogP contribution in [0.25, 0.3) is 0 Å². The first kappa shape index (κ1) is 20.0. The molecule has 1 aliphatic rings. The Morgan fingerprint density at radius 2 is 1.52 bits per heavy atom. The summed E-state index contributed by atoms with van der Waals surface area (Å²) in [6, 6.07) is 2.18. The number of hydrogen-bond donors (Lipinski definition) is 0. The summed E-state index contributed by atoms with van der Waals surface area (Å²) < 4.78 is 4.33. The zero-order chi connectivity index (χ0) is 19.8. The number of aromatic nitrogens is 4. The molecule has 6 nitrogen and oxygen atoms in total. The van der Waals surface area contributed by atoms with Crippen LogP contribution in [0.3, 0.4) is 0 Å². The normalized spacial score (nSPS) is 16.6. The van der Waals surface area contributed by atoms with Crippen molar-refractivity contribution in [1.29, 1.82) is 0 Å². The molecule has 7 heteroatoms. The number of nitrogens with zero attached hydrogens (tertiary/aromatic N) is 6. The highest BCUT2D eigenvalue weighted by Gasteiger charge is 2.26. The molecule has 2 aromatic rings. The predicted octanol–water partition coefficient (Wildman–Crippen LogP) is 3.95. The Bertz CT molecular complexity index is 754. The van der Waals surface area contributed by atoms with Crippen LogP contribution in [0, 0.1) is 6.92 Å². The van der Waals surface area contributed by atoms with Crippen molar-refractivity contribution in [3.8, 4) is 0 Å². The molecular weight excluding hydrogens is 356 g/mol. The number of aryl methyl sites for hydroxylation is 1. The van der Waals surface area contributed by atoms with E-state index in [1.54, 1.807) is 0 Å². The van der Waals surface area contributed by atoms with Gasteiger partial charge in [-0.25, -0.2) is 15.0 Å². The molecule has 3 rings (SSSR count). The van der Waals surface area contributed by atoms with Crippen LogP contribution in [0.5, 0.6) is 0 Å². The van der Waals surface area contributed by atoms with Crippen molar-refractivity contribution in [2.24, 2.45) is 0 Å². The minimum Gasteiger partial charge on any atom is -0.355 e. The second-order valence-corrected chi connectivity index (χ2v) is 10.1. The number of hydrogen-bond acceptors (Lipinski definition) is 7. The van der Waals surface area contributed by atoms with E-state index in [4.69, 9.17) is 9.97 Å². The smallest absolute Gasteiger partial charge is 0.205 e. The van der Waals surface area contributed by atoms with Gasteiger partial charge in [-0.05, 0) is 13.3 Å². The molecule has 0 N–H and O–H groups in total. The first-order valence-electron chi connectivity index (χ1n) is 9.74. The van der Waals surface area contributed by atoms with Crippen molar-refractivity contribution < 1.29 is 0 Å². The van der Waals surface area contributed by atoms with E-state index in [-0.39, 0.29) is 10.8 Å². The minimum absolute atomic E-state index is 0.000338. The van der Waals surface area contributed by atoms with Crippen LogP contribution in [0.15, 0.2) is 6.07 Å². The Balaban J connectivity index is 1.87. The molecule has 0 spiro atoms. The predicted molar refractivity (Wildman–Crippen MR) is 113 cm³/mol. The molecule has 0 amide bonds. The van der Waals surface area contributed by atoms with Crippen molar-refractivity contribution in [1.82, 2.24) is 19.3 Å². The summed E-state index contributed by atoms with van der Waals surface area (Å²) in [5.41, 5.74) is 1.04. The second-order valence-electron chi connectivity index (χ2n) is 9.39. The van der Waals surface area contributed by atoms with Crippen molar-refractivity contribution in [3.63, 3.8) is 0 Å². The summed E-state index contributed by atoms with van der Waals surface area (Å²) in [5, 5.41) is 1.03. The van der Waals surface area contributed by atoms with Crippen LogP contribution in [-0.2, 0) is 10.8 Å². The third kappa shape index (κ3) is 4.75. The van der Waals surface area contributed by atoms with Gasteiger partial charge in [0.1, 0.15) is 17.5 Å². The molecule has 0 unspecified atom stereocenters. The van der Waals surface area contributed by atoms with Crippen molar-refractivity contribution in [2.45, 2.75) is 65.7 Å². The molecule has 0 bridgehead atoms. The van der Waals surface area contributed by atoms with Crippen LogP contribution >= 0.6 is 11.5 Å². The van der Waals surface area contributed by atoms with Crippen LogP contribution < -0.4 is 9.80 Å². The monoisotopic (exact) mass is 388 g/mol. The van der Waals surface area contributed by atoms with Crippen molar-refractivity contribution >= 4 is 22.5 Å². The highest BCUT2D eigenvalue weighted by molar-refractivity contribution is 7.09. The Labute approximate surface area is 167 Å². The summed E-state index contributed by atoms with van der Waals surface area (Å²) in [7, 11) is 0. The molecule has 27 heavy (non-hydrogen) atoms. The molecule has 1 fully saturated rings. The fourth-order valence-corrected chi connectivity index (χ4v) is 3.79. The molecule has 1 aliphatic heterocycles. The van der Waals surface area contributed by atoms with E-state index in [9.17, 15) is 0 Å². The van der Waals surface area contributed by atoms with Gasteiger partial charge < -0.3 is 9.80 Å². The maximum atomic E-state index is 4.96. The summed E-state index contributed by atoms with van der Waals surface area (Å²) >= 11 is 1.49. The molecule has 2 aromatic heterocycles. The van der Waals surface area contributed by atoms with Gasteiger partial charge in [-0.15, -0.1) is 0 Å². The average Bonchev–Trinajstić information content (AvgIpc) is 2.86. The molecule has 0 saturated carbocycles. The van der Waals surface area contributed by atoms with E-state index in [1.165, 1.54) is 11.5 Å². The van der Waals surface area contributed by atoms with Gasteiger partial charge in [0.2, 0.25) is 5.13 Å². The Morgan fingerprint density at radius 3 is 2.11 bits per heavy atom. The molecule has 0 radical (unpaired) electrons. The molecule has 0 aromatic carbocycles. The van der Waals surface area contributed by atoms with Crippen molar-refractivity contribution in [3.05, 3.63) is 23.4 Å². The van der Waals surface area contributed by atoms with E-state index < -0.39 is 0 Å². The Hall–Kier alpha value is -1.76. The van der Waals surface area contributed by atoms with Gasteiger partial charge >= 0.3 is 0 Å². The fourth-order valence-electron chi connectivity index (χ4n) is 3.07. The molecular formula is C20H32N6S. The van der Waals surface area contributed by atoms with E-state index >= 15 is 0 Å². The molecule has 0 atom stereocenters. The summed E-state index contributed by atoms with van der Waals surface area (Å²) in [6.07, 6.45) is 1.08. The first-order valence-corrected chi connectivity index (χ1v) is 10.5. The van der Waals surface area contributed by atoms with E-state index in [0.717, 1.165) is 60.9 Å². The van der Waals surface area contributed by atoms with E-state index in [2.05, 4.69) is 66.8 Å². The van der Waals surface area contributed by atoms with Gasteiger partial charge in [0, 0.05) is 54.6 Å². The highest BCUT2D eigenvalue weighted by atomic mass is 32.1. The third-order valence-corrected chi connectivity index (χ3v) is 5.63. The fraction of sp³-hybridized carbons (Fsp3) is 0.700. The lowest BCUT2D eigenvalue weighted by Crippen LogP contribution is -2.32. The zero-order valence-electron chi connectivity index (χ0n) is 17.7. The maximum Gasteiger partial charge on any atom is 0.205 e. The van der Waals surface area contributed by atoms with E-state index in [0.29, 0.717) is 0 Å². The minimum atomic E-state index is -0.0714. The van der Waals surface area contributed by atoms with Gasteiger partial charge in [0.15, 0.2) is 0 Å². The first-order chi connectivity index (χ1) is 12.5. The third-order valence-electron chi connectivity index (χ3n) is 4.76. The Morgan fingerprint density at radius 1 is 0.852 bits per heavy atom. The lowest BCUT2D eigenvalue weighted by molar-refractivity contribution is 0.512. The lowest BCUT2D eigenvalue weighted by atomic mass is 9.90. The average molecular weight is 389 g/mol. The van der Waals surface area contributed by atoms with Crippen LogP contribution in [-0.4, -0.2) is 45.5 Å². The van der Waals surface area contributed by atoms with E-state index in [1.807, 2.05) is 6.92 Å². The lowest BCUT2D eigenvalue weighted by Gasteiger charge is -2.28. The molecule has 1 saturated heterocycles. The van der Waals surface area contributed by atoms with Gasteiger partial charge in [0.25, 0.3) is 0 Å². The largest absolute Gasteiger partial charge is 0.355 e. The summed E-state index contributed by atoms with van der Waals surface area (Å²) in [6.45, 7) is 19.0. The van der Waals surface area contributed by atoms with Gasteiger partial charge in [-0.3, -0.25) is 0 Å². The molecule has 0 aliphatic carbocycles. The Kier molecular flexibility index (Phi) is 5.43. The van der Waals surface area contributed by atoms with Gasteiger partial charge in [0.05, 0.1) is 5.69 Å². The van der Waals surface area contributed by atoms with Crippen LogP contribution in [0.4, 0.5) is 10.9 Å². The summed E-state index contributed by atoms with van der Waals surface area (Å²) in [4.78, 5) is 19.2. The number of anilines is 2. The standard InChI is InChI=1S/C20H32N6S/c1-14-21-18(27-24-14)26-10-8-9-25(11-12-26)16-13-15(19(2,3)4)22-17(23-16)20(5,6)7/h13H,8-12H2,1-7H3. The highest BCUT2D eigenvalue weighted by Crippen LogP contribution is 2.29. The number of rotatable bonds is 2.